The van der Waals surface area contributed by atoms with Gasteiger partial charge in [-0.3, -0.25) is 9.78 Å². The van der Waals surface area contributed by atoms with Gasteiger partial charge in [-0.1, -0.05) is 29.8 Å². The summed E-state index contributed by atoms with van der Waals surface area (Å²) in [5, 5.41) is 12.6. The molecule has 8 nitrogen and oxygen atoms in total. The molecule has 2 aromatic carbocycles. The fourth-order valence-electron chi connectivity index (χ4n) is 3.20. The van der Waals surface area contributed by atoms with Crippen molar-refractivity contribution in [3.05, 3.63) is 89.6 Å². The summed E-state index contributed by atoms with van der Waals surface area (Å²) >= 11 is 6.18. The zero-order valence-electron chi connectivity index (χ0n) is 16.9. The van der Waals surface area contributed by atoms with Gasteiger partial charge in [0.15, 0.2) is 0 Å². The Balaban J connectivity index is 1.64. The predicted molar refractivity (Wildman–Crippen MR) is 122 cm³/mol. The van der Waals surface area contributed by atoms with Gasteiger partial charge in [0.2, 0.25) is 15.9 Å². The Morgan fingerprint density at radius 2 is 1.94 bits per heavy atom. The number of nitrogens with two attached hydrogens (primary N) is 1. The molecule has 3 N–H and O–H groups in total. The van der Waals surface area contributed by atoms with Crippen LogP contribution in [0.5, 0.6) is 0 Å². The van der Waals surface area contributed by atoms with Crippen molar-refractivity contribution in [1.29, 1.82) is 0 Å². The van der Waals surface area contributed by atoms with Gasteiger partial charge in [0, 0.05) is 23.6 Å². The van der Waals surface area contributed by atoms with Gasteiger partial charge in [-0.25, -0.2) is 22.6 Å². The van der Waals surface area contributed by atoms with Crippen LogP contribution < -0.4 is 10.5 Å². The van der Waals surface area contributed by atoms with Crippen molar-refractivity contribution < 1.29 is 17.6 Å². The van der Waals surface area contributed by atoms with Gasteiger partial charge in [-0.05, 0) is 42.0 Å². The van der Waals surface area contributed by atoms with Gasteiger partial charge in [-0.15, -0.1) is 0 Å². The Hall–Kier alpha value is -3.60. The number of hydrogen-bond acceptors (Lipinski definition) is 5. The first-order chi connectivity index (χ1) is 15.7. The van der Waals surface area contributed by atoms with E-state index in [0.29, 0.717) is 16.3 Å². The molecule has 4 rings (SSSR count). The number of rotatable bonds is 6. The first-order valence-electron chi connectivity index (χ1n) is 9.58. The standard InChI is InChI=1S/C22H17ClFN5O3S/c23-17-5-3-9-26-22(17)15-12-27-29(13-15)19-8-7-16(11-20(19)33(25,31)32)28-21(30)10-14-4-1-2-6-18(14)24/h1-9,11-13H,10H2,(H,28,30)(H2,25,31,32). The maximum atomic E-state index is 13.8. The van der Waals surface area contributed by atoms with Gasteiger partial charge >= 0.3 is 0 Å². The molecule has 0 bridgehead atoms. The summed E-state index contributed by atoms with van der Waals surface area (Å²) in [5.74, 6) is -1.02. The largest absolute Gasteiger partial charge is 0.326 e. The number of halogens is 2. The Bertz CT molecular complexity index is 1460. The van der Waals surface area contributed by atoms with E-state index in [0.717, 1.165) is 0 Å². The molecule has 0 atom stereocenters. The molecule has 1 amide bonds. The van der Waals surface area contributed by atoms with E-state index in [2.05, 4.69) is 15.4 Å². The van der Waals surface area contributed by atoms with Crippen LogP contribution in [0.2, 0.25) is 5.02 Å². The minimum Gasteiger partial charge on any atom is -0.326 e. The number of amides is 1. The van der Waals surface area contributed by atoms with E-state index in [-0.39, 0.29) is 28.3 Å². The molecule has 0 aliphatic heterocycles. The maximum Gasteiger partial charge on any atom is 0.240 e. The van der Waals surface area contributed by atoms with Crippen molar-refractivity contribution in [2.24, 2.45) is 5.14 Å². The SMILES string of the molecule is NS(=O)(=O)c1cc(NC(=O)Cc2ccccc2F)ccc1-n1cc(-c2ncccc2Cl)cn1. The second-order valence-corrected chi connectivity index (χ2v) is 8.99. The number of anilines is 1. The monoisotopic (exact) mass is 485 g/mol. The quantitative estimate of drug-likeness (QED) is 0.432. The third-order valence-corrected chi connectivity index (χ3v) is 5.97. The molecule has 0 spiro atoms. The molecule has 0 saturated carbocycles. The van der Waals surface area contributed by atoms with Crippen molar-refractivity contribution in [2.45, 2.75) is 11.3 Å². The summed E-state index contributed by atoms with van der Waals surface area (Å²) in [7, 11) is -4.18. The highest BCUT2D eigenvalue weighted by atomic mass is 35.5. The molecular weight excluding hydrogens is 469 g/mol. The molecule has 0 unspecified atom stereocenters. The Morgan fingerprint density at radius 3 is 2.67 bits per heavy atom. The average molecular weight is 486 g/mol. The Labute approximate surface area is 193 Å². The van der Waals surface area contributed by atoms with Gasteiger partial charge in [0.05, 0.1) is 29.0 Å². The lowest BCUT2D eigenvalue weighted by Gasteiger charge is -2.12. The normalized spacial score (nSPS) is 11.4. The summed E-state index contributed by atoms with van der Waals surface area (Å²) in [5.41, 5.74) is 1.63. The zero-order valence-corrected chi connectivity index (χ0v) is 18.5. The topological polar surface area (TPSA) is 120 Å². The fourth-order valence-corrected chi connectivity index (χ4v) is 4.18. The minimum atomic E-state index is -4.18. The predicted octanol–water partition coefficient (Wildman–Crippen LogP) is 3.56. The molecule has 2 heterocycles. The van der Waals surface area contributed by atoms with Crippen LogP contribution in [-0.4, -0.2) is 29.1 Å². The fraction of sp³-hybridized carbons (Fsp3) is 0.0455. The molecule has 0 radical (unpaired) electrons. The van der Waals surface area contributed by atoms with Gasteiger partial charge < -0.3 is 5.32 Å². The van der Waals surface area contributed by atoms with Gasteiger partial charge in [-0.2, -0.15) is 5.10 Å². The number of carbonyl (C=O) groups excluding carboxylic acids is 1. The molecule has 2 aromatic heterocycles. The molecular formula is C22H17ClFN5O3S. The summed E-state index contributed by atoms with van der Waals surface area (Å²) in [6.45, 7) is 0. The minimum absolute atomic E-state index is 0.169. The molecule has 168 valence electrons. The lowest BCUT2D eigenvalue weighted by molar-refractivity contribution is -0.115. The van der Waals surface area contributed by atoms with Crippen LogP contribution in [0.25, 0.3) is 16.9 Å². The highest BCUT2D eigenvalue weighted by Crippen LogP contribution is 2.28. The van der Waals surface area contributed by atoms with Gasteiger partial charge in [0.1, 0.15) is 10.7 Å². The number of aromatic nitrogens is 3. The number of primary sulfonamides is 1. The highest BCUT2D eigenvalue weighted by Gasteiger charge is 2.19. The van der Waals surface area contributed by atoms with Crippen molar-refractivity contribution >= 4 is 33.2 Å². The molecule has 0 fully saturated rings. The van der Waals surface area contributed by atoms with E-state index < -0.39 is 21.7 Å². The second kappa shape index (κ2) is 9.10. The van der Waals surface area contributed by atoms with Crippen LogP contribution in [0.15, 0.2) is 78.1 Å². The van der Waals surface area contributed by atoms with Crippen LogP contribution in [0.3, 0.4) is 0 Å². The zero-order chi connectivity index (χ0) is 23.6. The summed E-state index contributed by atoms with van der Waals surface area (Å²) in [6.07, 6.45) is 4.42. The maximum absolute atomic E-state index is 13.8. The van der Waals surface area contributed by atoms with Crippen LogP contribution in [-0.2, 0) is 21.2 Å². The van der Waals surface area contributed by atoms with E-state index in [1.807, 2.05) is 0 Å². The molecule has 33 heavy (non-hydrogen) atoms. The number of sulfonamides is 1. The van der Waals surface area contributed by atoms with Gasteiger partial charge in [0.25, 0.3) is 0 Å². The van der Waals surface area contributed by atoms with Crippen molar-refractivity contribution in [1.82, 2.24) is 14.8 Å². The smallest absolute Gasteiger partial charge is 0.240 e. The number of benzene rings is 2. The molecule has 4 aromatic rings. The van der Waals surface area contributed by atoms with Crippen LogP contribution in [0.1, 0.15) is 5.56 Å². The molecule has 0 aliphatic rings. The number of hydrogen-bond donors (Lipinski definition) is 2. The first kappa shape index (κ1) is 22.6. The first-order valence-corrected chi connectivity index (χ1v) is 11.5. The Kier molecular flexibility index (Phi) is 6.23. The lowest BCUT2D eigenvalue weighted by Crippen LogP contribution is -2.18. The van der Waals surface area contributed by atoms with E-state index in [1.54, 1.807) is 30.6 Å². The van der Waals surface area contributed by atoms with E-state index in [4.69, 9.17) is 16.7 Å². The van der Waals surface area contributed by atoms with Crippen LogP contribution >= 0.6 is 11.6 Å². The molecule has 0 aliphatic carbocycles. The van der Waals surface area contributed by atoms with E-state index >= 15 is 0 Å². The number of nitrogens with zero attached hydrogens (tertiary/aromatic N) is 3. The molecule has 0 saturated heterocycles. The number of pyridine rings is 1. The van der Waals surface area contributed by atoms with Crippen molar-refractivity contribution in [3.8, 4) is 16.9 Å². The summed E-state index contributed by atoms with van der Waals surface area (Å²) in [6, 6.07) is 13.4. The third-order valence-electron chi connectivity index (χ3n) is 4.72. The number of nitrogens with one attached hydrogen (secondary N) is 1. The number of carbonyl (C=O) groups is 1. The highest BCUT2D eigenvalue weighted by molar-refractivity contribution is 7.89. The third kappa shape index (κ3) is 5.08. The lowest BCUT2D eigenvalue weighted by atomic mass is 10.1. The second-order valence-electron chi connectivity index (χ2n) is 7.05. The van der Waals surface area contributed by atoms with E-state index in [9.17, 15) is 17.6 Å². The Morgan fingerprint density at radius 1 is 1.15 bits per heavy atom. The summed E-state index contributed by atoms with van der Waals surface area (Å²) < 4.78 is 39.7. The van der Waals surface area contributed by atoms with Crippen molar-refractivity contribution in [2.75, 3.05) is 5.32 Å². The van der Waals surface area contributed by atoms with Crippen LogP contribution in [0.4, 0.5) is 10.1 Å². The average Bonchev–Trinajstić information content (AvgIpc) is 3.25. The summed E-state index contributed by atoms with van der Waals surface area (Å²) in [4.78, 5) is 16.3. The van der Waals surface area contributed by atoms with E-state index in [1.165, 1.54) is 47.3 Å². The van der Waals surface area contributed by atoms with Crippen molar-refractivity contribution in [3.63, 3.8) is 0 Å². The molecule has 11 heteroatoms. The van der Waals surface area contributed by atoms with Crippen LogP contribution in [0, 0.1) is 5.82 Å².